The van der Waals surface area contributed by atoms with Crippen LogP contribution in [0.2, 0.25) is 5.02 Å². The van der Waals surface area contributed by atoms with Crippen LogP contribution in [0.1, 0.15) is 10.4 Å². The van der Waals surface area contributed by atoms with Crippen molar-refractivity contribution in [2.75, 3.05) is 26.2 Å². The molecule has 0 unspecified atom stereocenters. The van der Waals surface area contributed by atoms with Gasteiger partial charge in [0.05, 0.1) is 10.0 Å². The van der Waals surface area contributed by atoms with Crippen LogP contribution < -0.4 is 5.32 Å². The summed E-state index contributed by atoms with van der Waals surface area (Å²) in [4.78, 5) is 13.9. The van der Waals surface area contributed by atoms with E-state index in [0.717, 1.165) is 13.1 Å². The van der Waals surface area contributed by atoms with Crippen molar-refractivity contribution in [3.63, 3.8) is 0 Å². The van der Waals surface area contributed by atoms with Gasteiger partial charge >= 0.3 is 0 Å². The van der Waals surface area contributed by atoms with Crippen LogP contribution in [0, 0.1) is 0 Å². The van der Waals surface area contributed by atoms with E-state index in [9.17, 15) is 9.90 Å². The third-order valence-corrected chi connectivity index (χ3v) is 3.49. The van der Waals surface area contributed by atoms with Crippen LogP contribution in [-0.4, -0.2) is 42.1 Å². The van der Waals surface area contributed by atoms with Gasteiger partial charge in [0.15, 0.2) is 0 Å². The van der Waals surface area contributed by atoms with E-state index >= 15 is 0 Å². The molecular formula is C11H13BrCl2N2O2. The van der Waals surface area contributed by atoms with Gasteiger partial charge in [-0.1, -0.05) is 11.6 Å². The second-order valence-corrected chi connectivity index (χ2v) is 5.12. The lowest BCUT2D eigenvalue weighted by molar-refractivity contribution is 0.0732. The fraction of sp³-hybridized carbons (Fsp3) is 0.364. The molecule has 0 atom stereocenters. The maximum absolute atomic E-state index is 12.2. The van der Waals surface area contributed by atoms with Gasteiger partial charge < -0.3 is 15.3 Å². The first-order valence-corrected chi connectivity index (χ1v) is 6.44. The van der Waals surface area contributed by atoms with E-state index in [-0.39, 0.29) is 29.6 Å². The normalized spacial score (nSPS) is 15.1. The summed E-state index contributed by atoms with van der Waals surface area (Å²) in [6.07, 6.45) is 0. The zero-order valence-electron chi connectivity index (χ0n) is 9.45. The van der Waals surface area contributed by atoms with Gasteiger partial charge in [0.25, 0.3) is 5.91 Å². The van der Waals surface area contributed by atoms with Crippen LogP contribution in [0.5, 0.6) is 5.75 Å². The molecule has 0 radical (unpaired) electrons. The third kappa shape index (κ3) is 3.29. The highest BCUT2D eigenvalue weighted by atomic mass is 79.9. The Balaban J connectivity index is 0.00000162. The molecule has 0 spiro atoms. The van der Waals surface area contributed by atoms with Crippen molar-refractivity contribution in [3.05, 3.63) is 27.2 Å². The number of nitrogens with one attached hydrogen (secondary N) is 1. The van der Waals surface area contributed by atoms with Crippen molar-refractivity contribution in [1.82, 2.24) is 10.2 Å². The van der Waals surface area contributed by atoms with Gasteiger partial charge in [-0.3, -0.25) is 4.79 Å². The van der Waals surface area contributed by atoms with Crippen molar-refractivity contribution in [2.45, 2.75) is 0 Å². The van der Waals surface area contributed by atoms with Crippen LogP contribution in [0.3, 0.4) is 0 Å². The second kappa shape index (κ2) is 6.61. The van der Waals surface area contributed by atoms with Gasteiger partial charge in [0.2, 0.25) is 0 Å². The Morgan fingerprint density at radius 2 is 2.00 bits per heavy atom. The highest BCUT2D eigenvalue weighted by Gasteiger charge is 2.22. The van der Waals surface area contributed by atoms with Crippen molar-refractivity contribution >= 4 is 45.8 Å². The van der Waals surface area contributed by atoms with Crippen LogP contribution in [-0.2, 0) is 0 Å². The van der Waals surface area contributed by atoms with Crippen molar-refractivity contribution in [3.8, 4) is 5.75 Å². The van der Waals surface area contributed by atoms with E-state index in [1.165, 1.54) is 6.07 Å². The number of piperazine rings is 1. The molecule has 1 aliphatic heterocycles. The minimum atomic E-state index is -0.188. The molecule has 1 aromatic rings. The lowest BCUT2D eigenvalue weighted by Crippen LogP contribution is -2.46. The predicted octanol–water partition coefficient (Wildman–Crippen LogP) is 2.28. The second-order valence-electron chi connectivity index (χ2n) is 3.83. The minimum Gasteiger partial charge on any atom is -0.506 e. The van der Waals surface area contributed by atoms with E-state index in [4.69, 9.17) is 11.6 Å². The molecule has 1 amide bonds. The number of amides is 1. The summed E-state index contributed by atoms with van der Waals surface area (Å²) in [6.45, 7) is 2.83. The van der Waals surface area contributed by atoms with Crippen LogP contribution in [0.25, 0.3) is 0 Å². The molecule has 2 N–H and O–H groups in total. The Kier molecular flexibility index (Phi) is 5.72. The molecule has 1 heterocycles. The third-order valence-electron chi connectivity index (χ3n) is 2.66. The first-order valence-electron chi connectivity index (χ1n) is 5.27. The molecule has 1 aliphatic rings. The molecule has 1 fully saturated rings. The van der Waals surface area contributed by atoms with Crippen molar-refractivity contribution in [1.29, 1.82) is 0 Å². The summed E-state index contributed by atoms with van der Waals surface area (Å²) >= 11 is 9.05. The summed E-state index contributed by atoms with van der Waals surface area (Å²) in [5.41, 5.74) is 0.242. The summed E-state index contributed by atoms with van der Waals surface area (Å²) in [7, 11) is 0. The average Bonchev–Trinajstić information content (AvgIpc) is 2.34. The van der Waals surface area contributed by atoms with Gasteiger partial charge in [-0.2, -0.15) is 0 Å². The van der Waals surface area contributed by atoms with E-state index in [1.807, 2.05) is 0 Å². The maximum atomic E-state index is 12.2. The fourth-order valence-electron chi connectivity index (χ4n) is 1.77. The van der Waals surface area contributed by atoms with E-state index in [2.05, 4.69) is 21.2 Å². The Morgan fingerprint density at radius 3 is 2.61 bits per heavy atom. The van der Waals surface area contributed by atoms with Crippen LogP contribution in [0.15, 0.2) is 16.6 Å². The Bertz CT molecular complexity index is 451. The minimum absolute atomic E-state index is 0. The Hall–Kier alpha value is -0.490. The molecule has 2 rings (SSSR count). The molecule has 100 valence electrons. The number of phenols is 1. The number of halogens is 3. The molecule has 0 aromatic heterocycles. The molecule has 18 heavy (non-hydrogen) atoms. The standard InChI is InChI=1S/C11H12BrClN2O2.ClH/c12-9-6-7(13)5-8(10(9)16)11(17)15-3-1-14-2-4-15;/h5-6,14,16H,1-4H2;1H. The summed E-state index contributed by atoms with van der Waals surface area (Å²) in [6, 6.07) is 3.05. The lowest BCUT2D eigenvalue weighted by atomic mass is 10.1. The average molecular weight is 356 g/mol. The number of nitrogens with zero attached hydrogens (tertiary/aromatic N) is 1. The smallest absolute Gasteiger partial charge is 0.257 e. The first kappa shape index (κ1) is 15.6. The van der Waals surface area contributed by atoms with Crippen molar-refractivity contribution in [2.24, 2.45) is 0 Å². The largest absolute Gasteiger partial charge is 0.506 e. The molecule has 7 heteroatoms. The lowest BCUT2D eigenvalue weighted by Gasteiger charge is -2.27. The van der Waals surface area contributed by atoms with Gasteiger partial charge in [-0.25, -0.2) is 0 Å². The summed E-state index contributed by atoms with van der Waals surface area (Å²) in [5, 5.41) is 13.4. The highest BCUT2D eigenvalue weighted by Crippen LogP contribution is 2.32. The zero-order chi connectivity index (χ0) is 12.4. The fourth-order valence-corrected chi connectivity index (χ4v) is 2.58. The monoisotopic (exact) mass is 354 g/mol. The topological polar surface area (TPSA) is 52.6 Å². The number of phenolic OH excluding ortho intramolecular Hbond substituents is 1. The summed E-state index contributed by atoms with van der Waals surface area (Å²) in [5.74, 6) is -0.245. The summed E-state index contributed by atoms with van der Waals surface area (Å²) < 4.78 is 0.434. The molecule has 1 aromatic carbocycles. The molecule has 4 nitrogen and oxygen atoms in total. The van der Waals surface area contributed by atoms with E-state index in [0.29, 0.717) is 22.6 Å². The molecule has 0 aliphatic carbocycles. The first-order chi connectivity index (χ1) is 8.09. The molecule has 1 saturated heterocycles. The van der Waals surface area contributed by atoms with Gasteiger partial charge in [0.1, 0.15) is 5.75 Å². The number of carbonyl (C=O) groups is 1. The number of benzene rings is 1. The molecule has 0 saturated carbocycles. The number of rotatable bonds is 1. The Labute approximate surface area is 125 Å². The molecule has 0 bridgehead atoms. The quantitative estimate of drug-likeness (QED) is 0.812. The SMILES string of the molecule is Cl.O=C(c1cc(Cl)cc(Br)c1O)N1CCNCC1. The van der Waals surface area contributed by atoms with Gasteiger partial charge in [0, 0.05) is 31.2 Å². The van der Waals surface area contributed by atoms with Crippen LogP contribution in [0.4, 0.5) is 0 Å². The highest BCUT2D eigenvalue weighted by molar-refractivity contribution is 9.10. The number of aromatic hydroxyl groups is 1. The van der Waals surface area contributed by atoms with Crippen LogP contribution >= 0.6 is 39.9 Å². The maximum Gasteiger partial charge on any atom is 0.257 e. The van der Waals surface area contributed by atoms with Gasteiger partial charge in [-0.05, 0) is 28.1 Å². The van der Waals surface area contributed by atoms with Gasteiger partial charge in [-0.15, -0.1) is 12.4 Å². The predicted molar refractivity (Wildman–Crippen MR) is 76.8 cm³/mol. The number of carbonyl (C=O) groups excluding carboxylic acids is 1. The van der Waals surface area contributed by atoms with E-state index in [1.54, 1.807) is 11.0 Å². The number of hydrogen-bond donors (Lipinski definition) is 2. The Morgan fingerprint density at radius 1 is 1.39 bits per heavy atom. The number of hydrogen-bond acceptors (Lipinski definition) is 3. The van der Waals surface area contributed by atoms with Crippen molar-refractivity contribution < 1.29 is 9.90 Å². The molecular weight excluding hydrogens is 343 g/mol. The zero-order valence-corrected chi connectivity index (χ0v) is 12.6. The van der Waals surface area contributed by atoms with E-state index < -0.39 is 0 Å².